The summed E-state index contributed by atoms with van der Waals surface area (Å²) in [4.78, 5) is 29.4. The molecule has 1 unspecified atom stereocenters. The minimum Gasteiger partial charge on any atom is -0.456 e. The quantitative estimate of drug-likeness (QED) is 0.140. The average Bonchev–Trinajstić information content (AvgIpc) is 3.75. The molecule has 3 fully saturated rings. The van der Waals surface area contributed by atoms with Crippen molar-refractivity contribution in [1.29, 1.82) is 0 Å². The predicted octanol–water partition coefficient (Wildman–Crippen LogP) is 5.44. The van der Waals surface area contributed by atoms with Gasteiger partial charge in [-0.05, 0) is 36.6 Å². The van der Waals surface area contributed by atoms with Gasteiger partial charge in [-0.3, -0.25) is 14.0 Å². The van der Waals surface area contributed by atoms with Crippen molar-refractivity contribution in [2.75, 3.05) is 39.5 Å². The molecule has 2 aromatic heterocycles. The van der Waals surface area contributed by atoms with Gasteiger partial charge in [-0.25, -0.2) is 9.55 Å². The van der Waals surface area contributed by atoms with Crippen molar-refractivity contribution in [2.45, 2.75) is 75.3 Å². The van der Waals surface area contributed by atoms with E-state index in [4.69, 9.17) is 40.1 Å². The summed E-state index contributed by atoms with van der Waals surface area (Å²) in [5, 5.41) is 0.364. The Balaban J connectivity index is 1.23. The molecule has 0 radical (unpaired) electrons. The zero-order chi connectivity index (χ0) is 34.4. The van der Waals surface area contributed by atoms with Gasteiger partial charge in [0.05, 0.1) is 36.0 Å². The van der Waals surface area contributed by atoms with Crippen molar-refractivity contribution in [3.63, 3.8) is 0 Å². The maximum Gasteiger partial charge on any atom is 0.470 e. The van der Waals surface area contributed by atoms with Gasteiger partial charge in [0.2, 0.25) is 0 Å². The second kappa shape index (κ2) is 13.9. The SMILES string of the molecule is C[Si](C)(C)CCOCn1c(O[C@@H]2CO[C@@H]3[C@@H]2OC[C@H]3OP(=O)(O)O)nc2nc(-c3ccc(C4CCN(CC(F)(F)F)C4)cc3)c(Cl)cc21. The fourth-order valence-corrected chi connectivity index (χ4v) is 7.85. The lowest BCUT2D eigenvalue weighted by molar-refractivity contribution is -0.143. The molecular formula is C30H39ClF3N4O8PSi. The van der Waals surface area contributed by atoms with E-state index in [0.29, 0.717) is 48.0 Å². The molecule has 3 aliphatic rings. The highest BCUT2D eigenvalue weighted by molar-refractivity contribution is 7.46. The second-order valence-electron chi connectivity index (χ2n) is 13.7. The Kier molecular flexibility index (Phi) is 10.3. The molecule has 3 saturated heterocycles. The number of pyridine rings is 1. The van der Waals surface area contributed by atoms with Crippen molar-refractivity contribution < 1.29 is 51.0 Å². The number of benzene rings is 1. The van der Waals surface area contributed by atoms with E-state index in [0.717, 1.165) is 17.2 Å². The molecule has 18 heteroatoms. The third-order valence-corrected chi connectivity index (χ3v) is 11.2. The van der Waals surface area contributed by atoms with Crippen molar-refractivity contribution in [2.24, 2.45) is 0 Å². The first-order valence-corrected chi connectivity index (χ1v) is 21.3. The van der Waals surface area contributed by atoms with Gasteiger partial charge in [0.15, 0.2) is 11.8 Å². The molecule has 0 amide bonds. The standard InChI is InChI=1S/C30H39ClF3N4O8PSi/c1-48(2,3)11-10-42-17-38-22-12-21(31)25(19-6-4-18(5-7-19)20-8-9-37(13-20)16-30(32,33)34)35-28(22)36-29(38)45-23-14-43-27-24(15-44-26(23)27)46-47(39,40)41/h4-7,12,20,23-24,26-27H,8-11,13-17H2,1-3H3,(H2,39,40,41)/t20?,23-,24-,26-,27+/m1/s1. The van der Waals surface area contributed by atoms with Crippen LogP contribution in [0.2, 0.25) is 30.7 Å². The molecule has 3 aliphatic heterocycles. The van der Waals surface area contributed by atoms with Crippen LogP contribution >= 0.6 is 19.4 Å². The zero-order valence-electron chi connectivity index (χ0n) is 26.7. The molecule has 3 aromatic rings. The Morgan fingerprint density at radius 1 is 1.08 bits per heavy atom. The lowest BCUT2D eigenvalue weighted by atomic mass is 9.96. The van der Waals surface area contributed by atoms with Crippen LogP contribution in [0, 0.1) is 0 Å². The number of halogens is 4. The normalized spacial score (nSPS) is 25.3. The van der Waals surface area contributed by atoms with E-state index in [1.807, 2.05) is 24.3 Å². The van der Waals surface area contributed by atoms with Gasteiger partial charge >= 0.3 is 20.0 Å². The Labute approximate surface area is 281 Å². The molecule has 5 atom stereocenters. The predicted molar refractivity (Wildman–Crippen MR) is 173 cm³/mol. The number of hydrogen-bond donors (Lipinski definition) is 2. The lowest BCUT2D eigenvalue weighted by Crippen LogP contribution is -2.35. The van der Waals surface area contributed by atoms with Gasteiger partial charge in [0, 0.05) is 26.8 Å². The Morgan fingerprint density at radius 3 is 2.44 bits per heavy atom. The summed E-state index contributed by atoms with van der Waals surface area (Å²) in [7, 11) is -6.11. The lowest BCUT2D eigenvalue weighted by Gasteiger charge is -2.19. The maximum atomic E-state index is 12.9. The summed E-state index contributed by atoms with van der Waals surface area (Å²) in [6, 6.07) is 10.4. The highest BCUT2D eigenvalue weighted by Crippen LogP contribution is 2.43. The van der Waals surface area contributed by atoms with Crippen LogP contribution in [-0.2, 0) is 30.0 Å². The third kappa shape index (κ3) is 8.60. The molecule has 0 bridgehead atoms. The molecule has 12 nitrogen and oxygen atoms in total. The molecule has 5 heterocycles. The van der Waals surface area contributed by atoms with Crippen LogP contribution in [0.5, 0.6) is 6.01 Å². The molecule has 0 spiro atoms. The summed E-state index contributed by atoms with van der Waals surface area (Å²) in [5.41, 5.74) is 3.09. The Hall–Kier alpha value is -2.11. The van der Waals surface area contributed by atoms with Crippen molar-refractivity contribution in [3.8, 4) is 17.3 Å². The summed E-state index contributed by atoms with van der Waals surface area (Å²) >= 11 is 6.79. The average molecular weight is 735 g/mol. The zero-order valence-corrected chi connectivity index (χ0v) is 29.4. The minimum atomic E-state index is -4.75. The maximum absolute atomic E-state index is 12.9. The van der Waals surface area contributed by atoms with E-state index in [-0.39, 0.29) is 31.9 Å². The van der Waals surface area contributed by atoms with Gasteiger partial charge in [-0.15, -0.1) is 0 Å². The Morgan fingerprint density at radius 2 is 1.77 bits per heavy atom. The highest BCUT2D eigenvalue weighted by Gasteiger charge is 2.51. The van der Waals surface area contributed by atoms with E-state index in [2.05, 4.69) is 24.6 Å². The van der Waals surface area contributed by atoms with Crippen molar-refractivity contribution in [1.82, 2.24) is 19.4 Å². The molecule has 6 rings (SSSR count). The smallest absolute Gasteiger partial charge is 0.456 e. The number of ether oxygens (including phenoxy) is 4. The number of aromatic nitrogens is 3. The first-order valence-electron chi connectivity index (χ1n) is 15.7. The van der Waals surface area contributed by atoms with Crippen LogP contribution in [0.4, 0.5) is 13.2 Å². The number of nitrogens with zero attached hydrogens (tertiary/aromatic N) is 4. The number of fused-ring (bicyclic) bond motifs is 2. The fourth-order valence-electron chi connectivity index (χ4n) is 6.30. The van der Waals surface area contributed by atoms with Crippen molar-refractivity contribution in [3.05, 3.63) is 40.9 Å². The minimum absolute atomic E-state index is 0.00492. The van der Waals surface area contributed by atoms with E-state index in [1.165, 1.54) is 4.90 Å². The highest BCUT2D eigenvalue weighted by atomic mass is 35.5. The third-order valence-electron chi connectivity index (χ3n) is 8.70. The van der Waals surface area contributed by atoms with Crippen molar-refractivity contribution >= 4 is 38.7 Å². The number of hydrogen-bond acceptors (Lipinski definition) is 9. The van der Waals surface area contributed by atoms with E-state index in [9.17, 15) is 27.5 Å². The number of alkyl halides is 3. The summed E-state index contributed by atoms with van der Waals surface area (Å²) < 4.78 is 80.5. The summed E-state index contributed by atoms with van der Waals surface area (Å²) in [5.74, 6) is 0.00492. The molecule has 48 heavy (non-hydrogen) atoms. The van der Waals surface area contributed by atoms with Crippen LogP contribution in [0.15, 0.2) is 30.3 Å². The summed E-state index contributed by atoms with van der Waals surface area (Å²) in [6.07, 6.45) is -6.54. The first kappa shape index (κ1) is 35.7. The summed E-state index contributed by atoms with van der Waals surface area (Å²) in [6.45, 7) is 7.27. The molecule has 1 aromatic carbocycles. The molecular weight excluding hydrogens is 696 g/mol. The topological polar surface area (TPSA) is 138 Å². The molecule has 2 N–H and O–H groups in total. The van der Waals surface area contributed by atoms with Gasteiger partial charge in [0.25, 0.3) is 0 Å². The van der Waals surface area contributed by atoms with Gasteiger partial charge < -0.3 is 28.7 Å². The number of phosphoric ester groups is 1. The number of imidazole rings is 1. The number of phosphoric acid groups is 1. The monoisotopic (exact) mass is 734 g/mol. The van der Waals surface area contributed by atoms with E-state index >= 15 is 0 Å². The fraction of sp³-hybridized carbons (Fsp3) is 0.600. The van der Waals surface area contributed by atoms with Crippen LogP contribution in [0.3, 0.4) is 0 Å². The largest absolute Gasteiger partial charge is 0.470 e. The number of rotatable bonds is 12. The van der Waals surface area contributed by atoms with Crippen LogP contribution in [0.1, 0.15) is 17.9 Å². The molecule has 0 saturated carbocycles. The van der Waals surface area contributed by atoms with Crippen LogP contribution in [0.25, 0.3) is 22.4 Å². The van der Waals surface area contributed by atoms with Crippen LogP contribution in [-0.4, -0.2) is 107 Å². The van der Waals surface area contributed by atoms with Gasteiger partial charge in [0.1, 0.15) is 25.0 Å². The Bertz CT molecular complexity index is 1650. The number of likely N-dealkylation sites (tertiary alicyclic amines) is 1. The van der Waals surface area contributed by atoms with Gasteiger partial charge in [-0.2, -0.15) is 18.2 Å². The first-order chi connectivity index (χ1) is 22.5. The molecule has 264 valence electrons. The van der Waals surface area contributed by atoms with E-state index in [1.54, 1.807) is 10.6 Å². The second-order valence-corrected chi connectivity index (χ2v) is 20.9. The van der Waals surface area contributed by atoms with E-state index < -0.39 is 53.0 Å². The molecule has 0 aliphatic carbocycles. The van der Waals surface area contributed by atoms with Gasteiger partial charge in [-0.1, -0.05) is 55.5 Å². The van der Waals surface area contributed by atoms with Crippen LogP contribution < -0.4 is 4.74 Å².